The number of imidazole rings is 1. The second kappa shape index (κ2) is 8.37. The Morgan fingerprint density at radius 2 is 1.83 bits per heavy atom. The maximum absolute atomic E-state index is 13.3. The standard InChI is InChI=1S/C26H20N4O3S2/c31-25(27-21-10-8-18(9-11-21)23-17-29-14-15-34-26(29)28-23)20-5-3-6-22(16-20)35(32,33)30-13-12-19-4-1-2-7-24(19)30/h1-11,14-17H,12-13H2,(H,27,31). The van der Waals surface area contributed by atoms with Gasteiger partial charge in [-0.3, -0.25) is 13.5 Å². The van der Waals surface area contributed by atoms with Crippen LogP contribution in [-0.4, -0.2) is 30.3 Å². The van der Waals surface area contributed by atoms with Crippen LogP contribution in [0.15, 0.2) is 95.5 Å². The Kier molecular flexibility index (Phi) is 5.16. The number of nitrogens with one attached hydrogen (secondary N) is 1. The van der Waals surface area contributed by atoms with E-state index in [1.165, 1.54) is 16.4 Å². The molecule has 1 amide bonds. The summed E-state index contributed by atoms with van der Waals surface area (Å²) in [5, 5.41) is 4.83. The van der Waals surface area contributed by atoms with E-state index in [4.69, 9.17) is 0 Å². The first kappa shape index (κ1) is 21.6. The van der Waals surface area contributed by atoms with Gasteiger partial charge in [-0.1, -0.05) is 36.4 Å². The Labute approximate surface area is 206 Å². The van der Waals surface area contributed by atoms with E-state index in [1.54, 1.807) is 23.5 Å². The van der Waals surface area contributed by atoms with Gasteiger partial charge in [-0.05, 0) is 48.4 Å². The van der Waals surface area contributed by atoms with Crippen LogP contribution in [0.1, 0.15) is 15.9 Å². The molecule has 0 aliphatic carbocycles. The van der Waals surface area contributed by atoms with Crippen molar-refractivity contribution in [1.29, 1.82) is 0 Å². The van der Waals surface area contributed by atoms with Crippen LogP contribution >= 0.6 is 11.3 Å². The molecule has 0 radical (unpaired) electrons. The second-order valence-electron chi connectivity index (χ2n) is 8.23. The van der Waals surface area contributed by atoms with Gasteiger partial charge >= 0.3 is 0 Å². The molecule has 1 aliphatic heterocycles. The lowest BCUT2D eigenvalue weighted by atomic mass is 10.1. The first-order valence-electron chi connectivity index (χ1n) is 11.0. The summed E-state index contributed by atoms with van der Waals surface area (Å²) in [6, 6.07) is 21.1. The molecular weight excluding hydrogens is 480 g/mol. The van der Waals surface area contributed by atoms with E-state index in [9.17, 15) is 13.2 Å². The van der Waals surface area contributed by atoms with Crippen molar-refractivity contribution in [2.45, 2.75) is 11.3 Å². The first-order chi connectivity index (χ1) is 17.0. The van der Waals surface area contributed by atoms with E-state index in [-0.39, 0.29) is 16.4 Å². The summed E-state index contributed by atoms with van der Waals surface area (Å²) < 4.78 is 30.1. The number of nitrogens with zero attached hydrogens (tertiary/aromatic N) is 3. The van der Waals surface area contributed by atoms with Crippen molar-refractivity contribution >= 4 is 43.6 Å². The van der Waals surface area contributed by atoms with E-state index < -0.39 is 10.0 Å². The lowest BCUT2D eigenvalue weighted by molar-refractivity contribution is 0.102. The number of hydrogen-bond donors (Lipinski definition) is 1. The third-order valence-corrected chi connectivity index (χ3v) is 8.64. The monoisotopic (exact) mass is 500 g/mol. The summed E-state index contributed by atoms with van der Waals surface area (Å²) in [6.07, 6.45) is 4.59. The molecule has 0 unspecified atom stereocenters. The molecule has 0 fully saturated rings. The highest BCUT2D eigenvalue weighted by atomic mass is 32.2. The Balaban J connectivity index is 1.21. The highest BCUT2D eigenvalue weighted by Gasteiger charge is 2.31. The predicted octanol–water partition coefficient (Wildman–Crippen LogP) is 5.07. The quantitative estimate of drug-likeness (QED) is 0.365. The van der Waals surface area contributed by atoms with Crippen molar-refractivity contribution in [2.24, 2.45) is 0 Å². The number of aromatic nitrogens is 2. The molecule has 1 N–H and O–H groups in total. The Morgan fingerprint density at radius 1 is 1.00 bits per heavy atom. The molecule has 5 aromatic rings. The summed E-state index contributed by atoms with van der Waals surface area (Å²) >= 11 is 1.57. The predicted molar refractivity (Wildman–Crippen MR) is 138 cm³/mol. The maximum atomic E-state index is 13.3. The minimum Gasteiger partial charge on any atom is -0.322 e. The molecule has 9 heteroatoms. The van der Waals surface area contributed by atoms with Crippen LogP contribution < -0.4 is 9.62 Å². The molecule has 174 valence electrons. The zero-order valence-corrected chi connectivity index (χ0v) is 20.1. The Hall–Kier alpha value is -3.95. The van der Waals surface area contributed by atoms with Gasteiger partial charge in [0.1, 0.15) is 0 Å². The van der Waals surface area contributed by atoms with E-state index in [0.717, 1.165) is 21.8 Å². The minimum absolute atomic E-state index is 0.0944. The van der Waals surface area contributed by atoms with Crippen LogP contribution in [0.25, 0.3) is 16.2 Å². The molecule has 0 spiro atoms. The second-order valence-corrected chi connectivity index (χ2v) is 11.0. The van der Waals surface area contributed by atoms with Crippen LogP contribution in [0.5, 0.6) is 0 Å². The minimum atomic E-state index is -3.78. The molecule has 0 saturated heterocycles. The van der Waals surface area contributed by atoms with Crippen LogP contribution in [-0.2, 0) is 16.4 Å². The molecule has 6 rings (SSSR count). The topological polar surface area (TPSA) is 83.8 Å². The van der Waals surface area contributed by atoms with Crippen molar-refractivity contribution in [1.82, 2.24) is 9.38 Å². The smallest absolute Gasteiger partial charge is 0.264 e. The van der Waals surface area contributed by atoms with Crippen molar-refractivity contribution in [3.8, 4) is 11.3 Å². The van der Waals surface area contributed by atoms with Crippen molar-refractivity contribution in [2.75, 3.05) is 16.2 Å². The fourth-order valence-electron chi connectivity index (χ4n) is 4.28. The maximum Gasteiger partial charge on any atom is 0.264 e. The number of rotatable bonds is 5. The largest absolute Gasteiger partial charge is 0.322 e. The third kappa shape index (κ3) is 3.88. The van der Waals surface area contributed by atoms with Crippen molar-refractivity contribution < 1.29 is 13.2 Å². The molecule has 35 heavy (non-hydrogen) atoms. The summed E-state index contributed by atoms with van der Waals surface area (Å²) in [7, 11) is -3.78. The van der Waals surface area contributed by atoms with Crippen LogP contribution in [0.4, 0.5) is 11.4 Å². The molecule has 0 saturated carbocycles. The van der Waals surface area contributed by atoms with Gasteiger partial charge in [-0.2, -0.15) is 0 Å². The number of fused-ring (bicyclic) bond motifs is 2. The van der Waals surface area contributed by atoms with Crippen LogP contribution in [0, 0.1) is 0 Å². The van der Waals surface area contributed by atoms with Gasteiger partial charge < -0.3 is 5.32 Å². The zero-order chi connectivity index (χ0) is 24.0. The average Bonchev–Trinajstić information content (AvgIpc) is 3.60. The molecule has 7 nitrogen and oxygen atoms in total. The van der Waals surface area contributed by atoms with Gasteiger partial charge in [0.15, 0.2) is 4.96 Å². The number of para-hydroxylation sites is 1. The van der Waals surface area contributed by atoms with Gasteiger partial charge in [0.05, 0.1) is 16.3 Å². The van der Waals surface area contributed by atoms with Crippen LogP contribution in [0.3, 0.4) is 0 Å². The summed E-state index contributed by atoms with van der Waals surface area (Å²) in [4.78, 5) is 18.5. The summed E-state index contributed by atoms with van der Waals surface area (Å²) in [6.45, 7) is 0.388. The number of thiazole rings is 1. The molecule has 3 heterocycles. The fraction of sp³-hybridized carbons (Fsp3) is 0.0769. The van der Waals surface area contributed by atoms with E-state index >= 15 is 0 Å². The molecule has 0 atom stereocenters. The fourth-order valence-corrected chi connectivity index (χ4v) is 6.53. The number of benzene rings is 3. The lowest BCUT2D eigenvalue weighted by Crippen LogP contribution is -2.29. The van der Waals surface area contributed by atoms with E-state index in [0.29, 0.717) is 24.3 Å². The molecule has 0 bridgehead atoms. The molecule has 1 aliphatic rings. The average molecular weight is 501 g/mol. The number of amides is 1. The van der Waals surface area contributed by atoms with E-state index in [1.807, 2.05) is 70.7 Å². The number of hydrogen-bond acceptors (Lipinski definition) is 5. The SMILES string of the molecule is O=C(Nc1ccc(-c2cn3ccsc3n2)cc1)c1cccc(S(=O)(=O)N2CCc3ccccc32)c1. The Bertz CT molecular complexity index is 1640. The number of carbonyl (C=O) groups excluding carboxylic acids is 1. The number of sulfonamides is 1. The van der Waals surface area contributed by atoms with E-state index in [2.05, 4.69) is 10.3 Å². The number of anilines is 2. The molecule has 3 aromatic carbocycles. The third-order valence-electron chi connectivity index (χ3n) is 6.06. The van der Waals surface area contributed by atoms with Gasteiger partial charge in [-0.25, -0.2) is 13.4 Å². The summed E-state index contributed by atoms with van der Waals surface area (Å²) in [5.41, 5.74) is 4.39. The molecular formula is C26H20N4O3S2. The van der Waals surface area contributed by atoms with Gasteiger partial charge in [0.2, 0.25) is 0 Å². The van der Waals surface area contributed by atoms with Crippen LogP contribution in [0.2, 0.25) is 0 Å². The van der Waals surface area contributed by atoms with Gasteiger partial charge in [-0.15, -0.1) is 11.3 Å². The highest BCUT2D eigenvalue weighted by Crippen LogP contribution is 2.33. The summed E-state index contributed by atoms with van der Waals surface area (Å²) in [5.74, 6) is -0.376. The van der Waals surface area contributed by atoms with Gasteiger partial charge in [0, 0.05) is 41.1 Å². The Morgan fingerprint density at radius 3 is 2.66 bits per heavy atom. The zero-order valence-electron chi connectivity index (χ0n) is 18.5. The van der Waals surface area contributed by atoms with Crippen molar-refractivity contribution in [3.63, 3.8) is 0 Å². The number of carbonyl (C=O) groups is 1. The lowest BCUT2D eigenvalue weighted by Gasteiger charge is -2.20. The van der Waals surface area contributed by atoms with Gasteiger partial charge in [0.25, 0.3) is 15.9 Å². The first-order valence-corrected chi connectivity index (χ1v) is 13.4. The normalized spacial score (nSPS) is 13.2. The van der Waals surface area contributed by atoms with Crippen molar-refractivity contribution in [3.05, 3.63) is 102 Å². The molecule has 2 aromatic heterocycles. The highest BCUT2D eigenvalue weighted by molar-refractivity contribution is 7.92.